The van der Waals surface area contributed by atoms with E-state index in [0.717, 1.165) is 22.6 Å². The van der Waals surface area contributed by atoms with Crippen molar-refractivity contribution in [2.24, 2.45) is 0 Å². The first kappa shape index (κ1) is 18.8. The highest BCUT2D eigenvalue weighted by atomic mass is 35.5. The average molecular weight is 390 g/mol. The van der Waals surface area contributed by atoms with Crippen LogP contribution in [0.2, 0.25) is 5.02 Å². The van der Waals surface area contributed by atoms with Gasteiger partial charge in [-0.2, -0.15) is 0 Å². The molecule has 4 amide bonds. The van der Waals surface area contributed by atoms with Crippen LogP contribution >= 0.6 is 11.6 Å². The third-order valence-corrected chi connectivity index (χ3v) is 4.72. The molecule has 1 atom stereocenters. The quantitative estimate of drug-likeness (QED) is 0.788. The van der Waals surface area contributed by atoms with Crippen molar-refractivity contribution in [3.63, 3.8) is 0 Å². The topological polar surface area (TPSA) is 78.5 Å². The van der Waals surface area contributed by atoms with E-state index in [9.17, 15) is 18.8 Å². The standard InChI is InChI=1S/C19H17ClFN3O3/c1-11-3-5-12(6-4-11)19(2)17(26)24(18(27)23-19)10-16(25)22-15-8-7-13(21)9-14(15)20/h3-9H,10H2,1-2H3,(H,22,25)(H,23,27). The number of aryl methyl sites for hydroxylation is 1. The van der Waals surface area contributed by atoms with Gasteiger partial charge in [0.25, 0.3) is 5.91 Å². The van der Waals surface area contributed by atoms with Crippen molar-refractivity contribution in [3.8, 4) is 0 Å². The maximum Gasteiger partial charge on any atom is 0.325 e. The lowest BCUT2D eigenvalue weighted by molar-refractivity contribution is -0.133. The van der Waals surface area contributed by atoms with Crippen LogP contribution in [0.25, 0.3) is 0 Å². The highest BCUT2D eigenvalue weighted by Crippen LogP contribution is 2.29. The van der Waals surface area contributed by atoms with E-state index in [0.29, 0.717) is 5.56 Å². The molecule has 0 aliphatic carbocycles. The van der Waals surface area contributed by atoms with Crippen molar-refractivity contribution in [2.45, 2.75) is 19.4 Å². The van der Waals surface area contributed by atoms with E-state index in [1.54, 1.807) is 19.1 Å². The van der Waals surface area contributed by atoms with Gasteiger partial charge in [0.2, 0.25) is 5.91 Å². The normalized spacial score (nSPS) is 19.2. The molecule has 2 aromatic carbocycles. The van der Waals surface area contributed by atoms with E-state index in [-0.39, 0.29) is 10.7 Å². The number of nitrogens with one attached hydrogen (secondary N) is 2. The summed E-state index contributed by atoms with van der Waals surface area (Å²) < 4.78 is 13.1. The molecule has 2 aromatic rings. The fourth-order valence-electron chi connectivity index (χ4n) is 2.85. The van der Waals surface area contributed by atoms with Gasteiger partial charge in [-0.15, -0.1) is 0 Å². The predicted octanol–water partition coefficient (Wildman–Crippen LogP) is 3.19. The van der Waals surface area contributed by atoms with Crippen LogP contribution in [0.4, 0.5) is 14.9 Å². The molecular weight excluding hydrogens is 373 g/mol. The SMILES string of the molecule is Cc1ccc(C2(C)NC(=O)N(CC(=O)Nc3ccc(F)cc3Cl)C2=O)cc1. The average Bonchev–Trinajstić information content (AvgIpc) is 2.82. The molecule has 0 saturated carbocycles. The Morgan fingerprint density at radius 3 is 2.52 bits per heavy atom. The number of urea groups is 1. The van der Waals surface area contributed by atoms with E-state index in [1.807, 2.05) is 19.1 Å². The molecule has 3 rings (SSSR count). The number of nitrogens with zero attached hydrogens (tertiary/aromatic N) is 1. The van der Waals surface area contributed by atoms with Crippen LogP contribution in [0, 0.1) is 12.7 Å². The second-order valence-corrected chi connectivity index (χ2v) is 6.89. The minimum Gasteiger partial charge on any atom is -0.323 e. The van der Waals surface area contributed by atoms with Gasteiger partial charge in [0.05, 0.1) is 10.7 Å². The van der Waals surface area contributed by atoms with Crippen molar-refractivity contribution in [2.75, 3.05) is 11.9 Å². The van der Waals surface area contributed by atoms with E-state index in [4.69, 9.17) is 11.6 Å². The number of imide groups is 1. The molecule has 1 aliphatic heterocycles. The first-order valence-corrected chi connectivity index (χ1v) is 8.54. The Labute approximate surface area is 160 Å². The summed E-state index contributed by atoms with van der Waals surface area (Å²) in [6, 6.07) is 10.0. The van der Waals surface area contributed by atoms with Gasteiger partial charge in [-0.1, -0.05) is 41.4 Å². The summed E-state index contributed by atoms with van der Waals surface area (Å²) >= 11 is 5.87. The molecule has 1 heterocycles. The monoisotopic (exact) mass is 389 g/mol. The first-order chi connectivity index (χ1) is 12.7. The Bertz CT molecular complexity index is 932. The van der Waals surface area contributed by atoms with Gasteiger partial charge in [0, 0.05) is 0 Å². The van der Waals surface area contributed by atoms with Crippen molar-refractivity contribution in [1.29, 1.82) is 0 Å². The van der Waals surface area contributed by atoms with Crippen LogP contribution < -0.4 is 10.6 Å². The third-order valence-electron chi connectivity index (χ3n) is 4.41. The van der Waals surface area contributed by atoms with Crippen LogP contribution in [0.1, 0.15) is 18.1 Å². The van der Waals surface area contributed by atoms with Crippen LogP contribution in [-0.2, 0) is 15.1 Å². The molecule has 6 nitrogen and oxygen atoms in total. The molecule has 1 unspecified atom stereocenters. The fourth-order valence-corrected chi connectivity index (χ4v) is 3.06. The number of rotatable bonds is 4. The van der Waals surface area contributed by atoms with Crippen LogP contribution in [0.3, 0.4) is 0 Å². The summed E-state index contributed by atoms with van der Waals surface area (Å²) in [7, 11) is 0. The smallest absolute Gasteiger partial charge is 0.323 e. The Morgan fingerprint density at radius 2 is 1.89 bits per heavy atom. The molecule has 27 heavy (non-hydrogen) atoms. The van der Waals surface area contributed by atoms with Gasteiger partial charge in [-0.25, -0.2) is 9.18 Å². The van der Waals surface area contributed by atoms with Gasteiger partial charge < -0.3 is 10.6 Å². The Morgan fingerprint density at radius 1 is 1.22 bits per heavy atom. The van der Waals surface area contributed by atoms with Crippen molar-refractivity contribution in [3.05, 3.63) is 64.4 Å². The summed E-state index contributed by atoms with van der Waals surface area (Å²) in [5.41, 5.74) is 0.581. The summed E-state index contributed by atoms with van der Waals surface area (Å²) in [5.74, 6) is -1.70. The lowest BCUT2D eigenvalue weighted by Gasteiger charge is -2.22. The number of hydrogen-bond acceptors (Lipinski definition) is 3. The minimum absolute atomic E-state index is 0.0186. The number of amides is 4. The predicted molar refractivity (Wildman–Crippen MR) is 98.8 cm³/mol. The number of halogens is 2. The largest absolute Gasteiger partial charge is 0.325 e. The van der Waals surface area contributed by atoms with E-state index < -0.39 is 35.7 Å². The van der Waals surface area contributed by atoms with E-state index >= 15 is 0 Å². The number of carbonyl (C=O) groups is 3. The maximum atomic E-state index is 13.1. The molecule has 0 spiro atoms. The second kappa shape index (κ2) is 7.00. The lowest BCUT2D eigenvalue weighted by Crippen LogP contribution is -2.42. The number of anilines is 1. The van der Waals surface area contributed by atoms with Gasteiger partial charge in [0.15, 0.2) is 0 Å². The summed E-state index contributed by atoms with van der Waals surface area (Å²) in [6.45, 7) is 3.02. The molecule has 2 N–H and O–H groups in total. The van der Waals surface area contributed by atoms with Gasteiger partial charge >= 0.3 is 6.03 Å². The Hall–Kier alpha value is -2.93. The highest BCUT2D eigenvalue weighted by Gasteiger charge is 2.49. The number of carbonyl (C=O) groups excluding carboxylic acids is 3. The van der Waals surface area contributed by atoms with Gasteiger partial charge in [-0.05, 0) is 37.6 Å². The van der Waals surface area contributed by atoms with Crippen LogP contribution in [-0.4, -0.2) is 29.3 Å². The van der Waals surface area contributed by atoms with Crippen molar-refractivity contribution >= 4 is 35.1 Å². The number of benzene rings is 2. The summed E-state index contributed by atoms with van der Waals surface area (Å²) in [5, 5.41) is 5.12. The van der Waals surface area contributed by atoms with Gasteiger partial charge in [-0.3, -0.25) is 14.5 Å². The minimum atomic E-state index is -1.25. The molecule has 140 valence electrons. The third kappa shape index (κ3) is 3.64. The fraction of sp³-hybridized carbons (Fsp3) is 0.211. The maximum absolute atomic E-state index is 13.1. The molecule has 0 bridgehead atoms. The van der Waals surface area contributed by atoms with E-state index in [1.165, 1.54) is 6.07 Å². The zero-order valence-corrected chi connectivity index (χ0v) is 15.4. The summed E-state index contributed by atoms with van der Waals surface area (Å²) in [4.78, 5) is 38.2. The molecule has 8 heteroatoms. The Balaban J connectivity index is 1.75. The molecule has 1 saturated heterocycles. The number of hydrogen-bond donors (Lipinski definition) is 2. The molecule has 0 radical (unpaired) electrons. The molecule has 1 aliphatic rings. The van der Waals surface area contributed by atoms with Crippen molar-refractivity contribution < 1.29 is 18.8 Å². The van der Waals surface area contributed by atoms with Crippen LogP contribution in [0.15, 0.2) is 42.5 Å². The molecule has 0 aromatic heterocycles. The van der Waals surface area contributed by atoms with Crippen LogP contribution in [0.5, 0.6) is 0 Å². The summed E-state index contributed by atoms with van der Waals surface area (Å²) in [6.07, 6.45) is 0. The first-order valence-electron chi connectivity index (χ1n) is 8.17. The van der Waals surface area contributed by atoms with E-state index in [2.05, 4.69) is 10.6 Å². The second-order valence-electron chi connectivity index (χ2n) is 6.48. The zero-order chi connectivity index (χ0) is 19.8. The molecular formula is C19H17ClFN3O3. The van der Waals surface area contributed by atoms with Gasteiger partial charge in [0.1, 0.15) is 17.9 Å². The molecule has 1 fully saturated rings. The highest BCUT2D eigenvalue weighted by molar-refractivity contribution is 6.33. The zero-order valence-electron chi connectivity index (χ0n) is 14.7. The van der Waals surface area contributed by atoms with Crippen molar-refractivity contribution in [1.82, 2.24) is 10.2 Å². The Kier molecular flexibility index (Phi) is 4.89. The lowest BCUT2D eigenvalue weighted by atomic mass is 9.91.